The van der Waals surface area contributed by atoms with Gasteiger partial charge in [-0.1, -0.05) is 0 Å². The SMILES string of the molecule is Ic1ccc(-n2nc(-c3ccncc3)c3c2NCC3)cc1. The molecule has 0 bridgehead atoms. The quantitative estimate of drug-likeness (QED) is 0.684. The molecular weight excluding hydrogens is 375 g/mol. The van der Waals surface area contributed by atoms with Crippen molar-refractivity contribution in [3.63, 3.8) is 0 Å². The number of hydrogen-bond acceptors (Lipinski definition) is 3. The first-order valence-electron chi connectivity index (χ1n) is 6.85. The zero-order valence-corrected chi connectivity index (χ0v) is 13.4. The van der Waals surface area contributed by atoms with Crippen molar-refractivity contribution in [1.82, 2.24) is 14.8 Å². The monoisotopic (exact) mass is 388 g/mol. The first-order valence-corrected chi connectivity index (χ1v) is 7.93. The fourth-order valence-corrected chi connectivity index (χ4v) is 3.05. The minimum absolute atomic E-state index is 0.968. The van der Waals surface area contributed by atoms with Gasteiger partial charge in [-0.3, -0.25) is 4.98 Å². The van der Waals surface area contributed by atoms with E-state index in [0.717, 1.165) is 35.7 Å². The van der Waals surface area contributed by atoms with Crippen LogP contribution in [0.15, 0.2) is 48.8 Å². The molecule has 0 atom stereocenters. The highest BCUT2D eigenvalue weighted by Crippen LogP contribution is 2.34. The van der Waals surface area contributed by atoms with E-state index >= 15 is 0 Å². The first kappa shape index (κ1) is 12.8. The number of nitrogens with zero attached hydrogens (tertiary/aromatic N) is 3. The van der Waals surface area contributed by atoms with Gasteiger partial charge in [-0.15, -0.1) is 0 Å². The Hall–Kier alpha value is -1.89. The Morgan fingerprint density at radius 3 is 2.57 bits per heavy atom. The molecule has 1 aromatic carbocycles. The van der Waals surface area contributed by atoms with E-state index in [4.69, 9.17) is 5.10 Å². The van der Waals surface area contributed by atoms with Gasteiger partial charge < -0.3 is 5.32 Å². The Balaban J connectivity index is 1.88. The summed E-state index contributed by atoms with van der Waals surface area (Å²) >= 11 is 2.32. The van der Waals surface area contributed by atoms with Gasteiger partial charge in [0.1, 0.15) is 5.82 Å². The van der Waals surface area contributed by atoms with Crippen LogP contribution in [-0.2, 0) is 6.42 Å². The Labute approximate surface area is 136 Å². The molecule has 0 amide bonds. The summed E-state index contributed by atoms with van der Waals surface area (Å²) in [5, 5.41) is 8.28. The Bertz CT molecular complexity index is 778. The largest absolute Gasteiger partial charge is 0.369 e. The molecule has 4 nitrogen and oxygen atoms in total. The summed E-state index contributed by atoms with van der Waals surface area (Å²) in [5.74, 6) is 1.11. The van der Waals surface area contributed by atoms with Crippen LogP contribution in [0.25, 0.3) is 16.9 Å². The maximum Gasteiger partial charge on any atom is 0.133 e. The van der Waals surface area contributed by atoms with Crippen LogP contribution < -0.4 is 5.32 Å². The van der Waals surface area contributed by atoms with Crippen molar-refractivity contribution < 1.29 is 0 Å². The molecule has 0 aliphatic carbocycles. The van der Waals surface area contributed by atoms with Gasteiger partial charge in [0.15, 0.2) is 0 Å². The van der Waals surface area contributed by atoms with Crippen LogP contribution in [-0.4, -0.2) is 21.3 Å². The van der Waals surface area contributed by atoms with E-state index < -0.39 is 0 Å². The molecule has 3 aromatic rings. The molecule has 0 saturated heterocycles. The summed E-state index contributed by atoms with van der Waals surface area (Å²) in [6.45, 7) is 0.968. The molecular formula is C16H13IN4. The van der Waals surface area contributed by atoms with E-state index in [9.17, 15) is 0 Å². The molecule has 5 heteroatoms. The smallest absolute Gasteiger partial charge is 0.133 e. The minimum atomic E-state index is 0.968. The molecule has 0 spiro atoms. The number of benzene rings is 1. The number of anilines is 1. The second-order valence-corrected chi connectivity index (χ2v) is 6.22. The van der Waals surface area contributed by atoms with Gasteiger partial charge in [-0.25, -0.2) is 4.68 Å². The molecule has 104 valence electrons. The van der Waals surface area contributed by atoms with Crippen LogP contribution in [0.2, 0.25) is 0 Å². The lowest BCUT2D eigenvalue weighted by Crippen LogP contribution is -2.04. The van der Waals surface area contributed by atoms with E-state index in [1.165, 1.54) is 9.13 Å². The molecule has 1 aliphatic rings. The third kappa shape index (κ3) is 2.21. The van der Waals surface area contributed by atoms with E-state index in [1.807, 2.05) is 29.2 Å². The lowest BCUT2D eigenvalue weighted by Gasteiger charge is -2.06. The Morgan fingerprint density at radius 1 is 1.05 bits per heavy atom. The van der Waals surface area contributed by atoms with Gasteiger partial charge in [0.05, 0.1) is 11.4 Å². The predicted octanol–water partition coefficient (Wildman–Crippen LogP) is 3.51. The molecule has 3 heterocycles. The van der Waals surface area contributed by atoms with E-state index in [1.54, 1.807) is 0 Å². The van der Waals surface area contributed by atoms with Crippen LogP contribution in [0, 0.1) is 3.57 Å². The summed E-state index contributed by atoms with van der Waals surface area (Å²) in [6, 6.07) is 12.4. The number of aromatic nitrogens is 3. The van der Waals surface area contributed by atoms with Gasteiger partial charge >= 0.3 is 0 Å². The molecule has 1 N–H and O–H groups in total. The minimum Gasteiger partial charge on any atom is -0.369 e. The topological polar surface area (TPSA) is 42.7 Å². The number of rotatable bonds is 2. The van der Waals surface area contributed by atoms with Gasteiger partial charge in [-0.2, -0.15) is 5.10 Å². The van der Waals surface area contributed by atoms with E-state index in [0.29, 0.717) is 0 Å². The first-order chi connectivity index (χ1) is 10.3. The normalized spacial score (nSPS) is 13.0. The van der Waals surface area contributed by atoms with Crippen molar-refractivity contribution in [2.75, 3.05) is 11.9 Å². The number of nitrogens with one attached hydrogen (secondary N) is 1. The zero-order valence-electron chi connectivity index (χ0n) is 11.3. The summed E-state index contributed by atoms with van der Waals surface area (Å²) in [7, 11) is 0. The van der Waals surface area contributed by atoms with E-state index in [2.05, 4.69) is 57.2 Å². The number of halogens is 1. The van der Waals surface area contributed by atoms with Crippen LogP contribution >= 0.6 is 22.6 Å². The zero-order chi connectivity index (χ0) is 14.2. The molecule has 1 aliphatic heterocycles. The third-order valence-electron chi connectivity index (χ3n) is 3.68. The average molecular weight is 388 g/mol. The van der Waals surface area contributed by atoms with Gasteiger partial charge in [0, 0.05) is 33.6 Å². The summed E-state index contributed by atoms with van der Waals surface area (Å²) in [6.07, 6.45) is 4.64. The Kier molecular flexibility index (Phi) is 3.14. The average Bonchev–Trinajstić information content (AvgIpc) is 3.11. The lowest BCUT2D eigenvalue weighted by molar-refractivity contribution is 0.882. The van der Waals surface area contributed by atoms with Crippen LogP contribution in [0.4, 0.5) is 5.82 Å². The second kappa shape index (κ2) is 5.14. The van der Waals surface area contributed by atoms with Crippen molar-refractivity contribution in [1.29, 1.82) is 0 Å². The number of pyridine rings is 1. The van der Waals surface area contributed by atoms with Gasteiger partial charge in [-0.05, 0) is 65.4 Å². The predicted molar refractivity (Wildman–Crippen MR) is 91.7 cm³/mol. The highest BCUT2D eigenvalue weighted by atomic mass is 127. The van der Waals surface area contributed by atoms with Crippen LogP contribution in [0.3, 0.4) is 0 Å². The fraction of sp³-hybridized carbons (Fsp3) is 0.125. The van der Waals surface area contributed by atoms with E-state index in [-0.39, 0.29) is 0 Å². The van der Waals surface area contributed by atoms with Crippen molar-refractivity contribution in [3.05, 3.63) is 57.9 Å². The number of fused-ring (bicyclic) bond motifs is 1. The lowest BCUT2D eigenvalue weighted by atomic mass is 10.1. The highest BCUT2D eigenvalue weighted by Gasteiger charge is 2.23. The number of hydrogen-bond donors (Lipinski definition) is 1. The molecule has 0 fully saturated rings. The molecule has 2 aromatic heterocycles. The standard InChI is InChI=1S/C16H13IN4/c17-12-1-3-13(4-2-12)21-16-14(7-10-19-16)15(20-21)11-5-8-18-9-6-11/h1-6,8-9,19H,7,10H2. The molecule has 21 heavy (non-hydrogen) atoms. The third-order valence-corrected chi connectivity index (χ3v) is 4.40. The maximum absolute atomic E-state index is 4.83. The van der Waals surface area contributed by atoms with Gasteiger partial charge in [0.2, 0.25) is 0 Å². The van der Waals surface area contributed by atoms with Crippen molar-refractivity contribution in [2.24, 2.45) is 0 Å². The molecule has 4 rings (SSSR count). The molecule has 0 unspecified atom stereocenters. The molecule has 0 radical (unpaired) electrons. The van der Waals surface area contributed by atoms with Crippen molar-refractivity contribution in [3.8, 4) is 16.9 Å². The summed E-state index contributed by atoms with van der Waals surface area (Å²) in [5.41, 5.74) is 4.55. The van der Waals surface area contributed by atoms with Crippen LogP contribution in [0.5, 0.6) is 0 Å². The summed E-state index contributed by atoms with van der Waals surface area (Å²) in [4.78, 5) is 4.09. The van der Waals surface area contributed by atoms with Crippen molar-refractivity contribution >= 4 is 28.4 Å². The van der Waals surface area contributed by atoms with Crippen LogP contribution in [0.1, 0.15) is 5.56 Å². The van der Waals surface area contributed by atoms with Crippen molar-refractivity contribution in [2.45, 2.75) is 6.42 Å². The Morgan fingerprint density at radius 2 is 1.81 bits per heavy atom. The summed E-state index contributed by atoms with van der Waals surface area (Å²) < 4.78 is 3.23. The fourth-order valence-electron chi connectivity index (χ4n) is 2.69. The molecule has 0 saturated carbocycles. The van der Waals surface area contributed by atoms with Gasteiger partial charge in [0.25, 0.3) is 0 Å². The second-order valence-electron chi connectivity index (χ2n) is 4.98. The highest BCUT2D eigenvalue weighted by molar-refractivity contribution is 14.1. The maximum atomic E-state index is 4.83.